The van der Waals surface area contributed by atoms with E-state index in [0.717, 1.165) is 18.2 Å². The molecule has 27 heavy (non-hydrogen) atoms. The van der Waals surface area contributed by atoms with Crippen LogP contribution in [0.4, 0.5) is 34.1 Å². The molecule has 0 heterocycles. The molecule has 0 fully saturated rings. The van der Waals surface area contributed by atoms with Crippen LogP contribution in [0.5, 0.6) is 0 Å². The SMILES string of the molecule is CNc1c([N+](=O)[O-])cc([N+](=O)[O-])c(Nc2c(Cl)cc([N+](=O)[O-])cc2Cl)c1C. The van der Waals surface area contributed by atoms with E-state index in [-0.39, 0.29) is 38.4 Å². The van der Waals surface area contributed by atoms with Crippen molar-refractivity contribution < 1.29 is 14.8 Å². The smallest absolute Gasteiger partial charge is 0.299 e. The minimum absolute atomic E-state index is 0.00830. The maximum Gasteiger partial charge on any atom is 0.299 e. The van der Waals surface area contributed by atoms with E-state index < -0.39 is 26.1 Å². The van der Waals surface area contributed by atoms with Crippen LogP contribution in [0.2, 0.25) is 10.0 Å². The Labute approximate surface area is 161 Å². The van der Waals surface area contributed by atoms with Gasteiger partial charge in [0, 0.05) is 24.7 Å². The molecule has 0 amide bonds. The molecule has 0 unspecified atom stereocenters. The first kappa shape index (κ1) is 20.1. The van der Waals surface area contributed by atoms with Crippen molar-refractivity contribution in [2.75, 3.05) is 17.7 Å². The van der Waals surface area contributed by atoms with E-state index in [1.54, 1.807) is 0 Å². The van der Waals surface area contributed by atoms with Gasteiger partial charge < -0.3 is 10.6 Å². The van der Waals surface area contributed by atoms with E-state index in [9.17, 15) is 30.3 Å². The molecule has 0 bridgehead atoms. The Bertz CT molecular complexity index is 958. The Morgan fingerprint density at radius 3 is 1.70 bits per heavy atom. The second kappa shape index (κ2) is 7.60. The van der Waals surface area contributed by atoms with Crippen LogP contribution in [0.1, 0.15) is 5.56 Å². The van der Waals surface area contributed by atoms with Gasteiger partial charge in [-0.1, -0.05) is 23.2 Å². The third-order valence-corrected chi connectivity index (χ3v) is 4.26. The van der Waals surface area contributed by atoms with Gasteiger partial charge in [-0.25, -0.2) is 0 Å². The number of non-ortho nitro benzene ring substituents is 1. The van der Waals surface area contributed by atoms with E-state index in [0.29, 0.717) is 0 Å². The number of nitrogens with one attached hydrogen (secondary N) is 2. The highest BCUT2D eigenvalue weighted by atomic mass is 35.5. The lowest BCUT2D eigenvalue weighted by atomic mass is 10.1. The van der Waals surface area contributed by atoms with Gasteiger partial charge in [-0.05, 0) is 6.92 Å². The van der Waals surface area contributed by atoms with Crippen LogP contribution in [0.15, 0.2) is 18.2 Å². The molecule has 11 nitrogen and oxygen atoms in total. The molecule has 0 aromatic heterocycles. The average molecular weight is 416 g/mol. The molecule has 0 atom stereocenters. The van der Waals surface area contributed by atoms with Gasteiger partial charge in [-0.3, -0.25) is 30.3 Å². The summed E-state index contributed by atoms with van der Waals surface area (Å²) in [6, 6.07) is 2.86. The Morgan fingerprint density at radius 1 is 0.815 bits per heavy atom. The van der Waals surface area contributed by atoms with E-state index in [1.165, 1.54) is 14.0 Å². The minimum atomic E-state index is -0.797. The molecule has 0 aliphatic heterocycles. The lowest BCUT2D eigenvalue weighted by molar-refractivity contribution is -0.393. The van der Waals surface area contributed by atoms with Crippen molar-refractivity contribution in [3.8, 4) is 0 Å². The normalized spacial score (nSPS) is 10.4. The van der Waals surface area contributed by atoms with Crippen molar-refractivity contribution >= 4 is 57.3 Å². The number of nitro benzene ring substituents is 3. The zero-order valence-electron chi connectivity index (χ0n) is 13.8. The van der Waals surface area contributed by atoms with Crippen LogP contribution in [0, 0.1) is 37.3 Å². The maximum absolute atomic E-state index is 11.4. The van der Waals surface area contributed by atoms with Crippen LogP contribution >= 0.6 is 23.2 Å². The number of hydrogen-bond donors (Lipinski definition) is 2. The van der Waals surface area contributed by atoms with Gasteiger partial charge in [0.25, 0.3) is 17.1 Å². The van der Waals surface area contributed by atoms with Gasteiger partial charge >= 0.3 is 0 Å². The standard InChI is InChI=1S/C14H11Cl2N5O6/c1-6-12(17-2)10(20(24)25)5-11(21(26)27)13(6)18-14-8(15)3-7(19(22)23)4-9(14)16/h3-5,17-18H,1-2H3. The maximum atomic E-state index is 11.4. The molecule has 0 saturated carbocycles. The van der Waals surface area contributed by atoms with Crippen LogP contribution < -0.4 is 10.6 Å². The molecule has 0 spiro atoms. The fourth-order valence-corrected chi connectivity index (χ4v) is 3.02. The van der Waals surface area contributed by atoms with Crippen LogP contribution in [-0.2, 0) is 0 Å². The number of anilines is 3. The molecule has 2 N–H and O–H groups in total. The van der Waals surface area contributed by atoms with Gasteiger partial charge in [0.05, 0.1) is 36.6 Å². The molecule has 2 aromatic carbocycles. The predicted octanol–water partition coefficient (Wildman–Crippen LogP) is 4.81. The number of rotatable bonds is 6. The van der Waals surface area contributed by atoms with Crippen molar-refractivity contribution in [3.05, 3.63) is 64.2 Å². The summed E-state index contributed by atoms with van der Waals surface area (Å²) >= 11 is 12.0. The highest BCUT2D eigenvalue weighted by molar-refractivity contribution is 6.39. The molecular formula is C14H11Cl2N5O6. The van der Waals surface area contributed by atoms with Crippen LogP contribution in [0.3, 0.4) is 0 Å². The summed E-state index contributed by atoms with van der Waals surface area (Å²) in [6.07, 6.45) is 0. The molecule has 2 rings (SSSR count). The summed E-state index contributed by atoms with van der Waals surface area (Å²) in [6.45, 7) is 1.43. The van der Waals surface area contributed by atoms with Crippen molar-refractivity contribution in [3.63, 3.8) is 0 Å². The Kier molecular flexibility index (Phi) is 5.66. The van der Waals surface area contributed by atoms with Gasteiger partial charge in [-0.2, -0.15) is 0 Å². The van der Waals surface area contributed by atoms with E-state index in [1.807, 2.05) is 0 Å². The Morgan fingerprint density at radius 2 is 1.30 bits per heavy atom. The third kappa shape index (κ3) is 3.83. The summed E-state index contributed by atoms with van der Waals surface area (Å²) < 4.78 is 0. The molecule has 0 aliphatic rings. The second-order valence-corrected chi connectivity index (χ2v) is 6.03. The predicted molar refractivity (Wildman–Crippen MR) is 100 cm³/mol. The summed E-state index contributed by atoms with van der Waals surface area (Å²) in [5.41, 5.74) is -1.29. The Balaban J connectivity index is 2.71. The summed E-state index contributed by atoms with van der Waals surface area (Å²) in [5, 5.41) is 38.5. The summed E-state index contributed by atoms with van der Waals surface area (Å²) in [7, 11) is 1.43. The van der Waals surface area contributed by atoms with Gasteiger partial charge in [0.2, 0.25) is 0 Å². The minimum Gasteiger partial charge on any atom is -0.382 e. The number of halogens is 2. The van der Waals surface area contributed by atoms with Crippen molar-refractivity contribution in [2.24, 2.45) is 0 Å². The topological polar surface area (TPSA) is 153 Å². The number of benzene rings is 2. The van der Waals surface area contributed by atoms with E-state index >= 15 is 0 Å². The first-order valence-corrected chi connectivity index (χ1v) is 7.88. The van der Waals surface area contributed by atoms with Crippen molar-refractivity contribution in [1.82, 2.24) is 0 Å². The highest BCUT2D eigenvalue weighted by Gasteiger charge is 2.29. The van der Waals surface area contributed by atoms with Crippen LogP contribution in [-0.4, -0.2) is 21.8 Å². The molecule has 2 aromatic rings. The summed E-state index contributed by atoms with van der Waals surface area (Å²) in [5.74, 6) is 0. The zero-order chi connectivity index (χ0) is 20.5. The summed E-state index contributed by atoms with van der Waals surface area (Å²) in [4.78, 5) is 31.2. The first-order chi connectivity index (χ1) is 12.6. The molecule has 0 saturated heterocycles. The molecule has 0 aliphatic carbocycles. The highest BCUT2D eigenvalue weighted by Crippen LogP contribution is 2.44. The number of hydrogen-bond acceptors (Lipinski definition) is 8. The number of nitro groups is 3. The molecular weight excluding hydrogens is 405 g/mol. The lowest BCUT2D eigenvalue weighted by Gasteiger charge is -2.15. The molecule has 142 valence electrons. The fourth-order valence-electron chi connectivity index (χ4n) is 2.45. The van der Waals surface area contributed by atoms with E-state index in [2.05, 4.69) is 10.6 Å². The van der Waals surface area contributed by atoms with Gasteiger partial charge in [0.1, 0.15) is 11.4 Å². The second-order valence-electron chi connectivity index (χ2n) is 5.22. The monoisotopic (exact) mass is 415 g/mol. The van der Waals surface area contributed by atoms with Crippen molar-refractivity contribution in [2.45, 2.75) is 6.92 Å². The third-order valence-electron chi connectivity index (χ3n) is 3.67. The largest absolute Gasteiger partial charge is 0.382 e. The lowest BCUT2D eigenvalue weighted by Crippen LogP contribution is -2.06. The van der Waals surface area contributed by atoms with Crippen LogP contribution in [0.25, 0.3) is 0 Å². The van der Waals surface area contributed by atoms with Crippen molar-refractivity contribution in [1.29, 1.82) is 0 Å². The Hall–Kier alpha value is -3.18. The van der Waals surface area contributed by atoms with Gasteiger partial charge in [0.15, 0.2) is 0 Å². The number of nitrogens with zero attached hydrogens (tertiary/aromatic N) is 3. The first-order valence-electron chi connectivity index (χ1n) is 7.13. The zero-order valence-corrected chi connectivity index (χ0v) is 15.3. The van der Waals surface area contributed by atoms with Gasteiger partial charge in [-0.15, -0.1) is 0 Å². The fraction of sp³-hybridized carbons (Fsp3) is 0.143. The van der Waals surface area contributed by atoms with E-state index in [4.69, 9.17) is 23.2 Å². The molecule has 13 heteroatoms. The molecule has 0 radical (unpaired) electrons. The quantitative estimate of drug-likeness (QED) is 0.502. The average Bonchev–Trinajstić information content (AvgIpc) is 2.57.